The molecule has 34 heavy (non-hydrogen) atoms. The predicted octanol–water partition coefficient (Wildman–Crippen LogP) is 6.61. The summed E-state index contributed by atoms with van der Waals surface area (Å²) in [7, 11) is 0. The van der Waals surface area contributed by atoms with Gasteiger partial charge in [0.25, 0.3) is 0 Å². The van der Waals surface area contributed by atoms with Gasteiger partial charge in [-0.3, -0.25) is 4.98 Å². The maximum atomic E-state index is 9.67. The van der Waals surface area contributed by atoms with E-state index in [0.29, 0.717) is 18.8 Å². The molecule has 1 aliphatic heterocycles. The number of nitrogens with zero attached hydrogens (tertiary/aromatic N) is 2. The quantitative estimate of drug-likeness (QED) is 0.330. The van der Waals surface area contributed by atoms with E-state index in [4.69, 9.17) is 16.3 Å². The summed E-state index contributed by atoms with van der Waals surface area (Å²) in [6.07, 6.45) is 6.45. The summed E-state index contributed by atoms with van der Waals surface area (Å²) >= 11 is 8.24. The van der Waals surface area contributed by atoms with Crippen molar-refractivity contribution in [2.45, 2.75) is 51.0 Å². The lowest BCUT2D eigenvalue weighted by atomic mass is 9.84. The number of aliphatic hydroxyl groups excluding tert-OH is 1. The van der Waals surface area contributed by atoms with Crippen molar-refractivity contribution in [3.8, 4) is 11.1 Å². The van der Waals surface area contributed by atoms with Crippen molar-refractivity contribution in [3.05, 3.63) is 81.8 Å². The third kappa shape index (κ3) is 4.11. The summed E-state index contributed by atoms with van der Waals surface area (Å²) in [6.45, 7) is 1.77. The number of hydrogen-bond donors (Lipinski definition) is 1. The zero-order valence-electron chi connectivity index (χ0n) is 18.9. The second-order valence-electron chi connectivity index (χ2n) is 9.25. The average molecular weight is 491 g/mol. The van der Waals surface area contributed by atoms with E-state index in [1.54, 1.807) is 11.3 Å². The lowest BCUT2D eigenvalue weighted by Crippen LogP contribution is -2.50. The molecule has 6 heteroatoms. The molecule has 0 unspecified atom stereocenters. The highest BCUT2D eigenvalue weighted by Gasteiger charge is 2.37. The summed E-state index contributed by atoms with van der Waals surface area (Å²) in [4.78, 5) is 8.07. The van der Waals surface area contributed by atoms with Gasteiger partial charge in [-0.1, -0.05) is 41.9 Å². The number of pyridine rings is 1. The Morgan fingerprint density at radius 3 is 2.76 bits per heavy atom. The lowest BCUT2D eigenvalue weighted by Gasteiger charge is -2.47. The summed E-state index contributed by atoms with van der Waals surface area (Å²) in [5, 5.41) is 10.4. The Balaban J connectivity index is 1.30. The molecular formula is C28H27ClN2O2S. The third-order valence-electron chi connectivity index (χ3n) is 7.03. The first-order valence-corrected chi connectivity index (χ1v) is 13.1. The molecule has 0 saturated heterocycles. The highest BCUT2D eigenvalue weighted by atomic mass is 35.5. The monoisotopic (exact) mass is 490 g/mol. The van der Waals surface area contributed by atoms with Crippen molar-refractivity contribution in [3.63, 3.8) is 0 Å². The number of aryl methyl sites for hydroxylation is 1. The Morgan fingerprint density at radius 1 is 1.09 bits per heavy atom. The van der Waals surface area contributed by atoms with Gasteiger partial charge in [0.2, 0.25) is 0 Å². The first-order chi connectivity index (χ1) is 16.7. The maximum Gasteiger partial charge on any atom is 0.0819 e. The summed E-state index contributed by atoms with van der Waals surface area (Å²) in [5.41, 5.74) is 7.12. The Hall–Kier alpha value is -2.44. The van der Waals surface area contributed by atoms with E-state index in [-0.39, 0.29) is 6.61 Å². The van der Waals surface area contributed by atoms with E-state index in [2.05, 4.69) is 52.3 Å². The Labute approximate surface area is 208 Å². The van der Waals surface area contributed by atoms with Gasteiger partial charge in [-0.2, -0.15) is 0 Å². The molecule has 3 heterocycles. The Morgan fingerprint density at radius 2 is 1.94 bits per heavy atom. The predicted molar refractivity (Wildman–Crippen MR) is 140 cm³/mol. The lowest BCUT2D eigenvalue weighted by molar-refractivity contribution is -0.0207. The van der Waals surface area contributed by atoms with E-state index in [9.17, 15) is 5.11 Å². The van der Waals surface area contributed by atoms with Crippen molar-refractivity contribution < 1.29 is 9.84 Å². The van der Waals surface area contributed by atoms with E-state index in [0.717, 1.165) is 57.9 Å². The minimum atomic E-state index is 0.0344. The maximum absolute atomic E-state index is 9.67. The van der Waals surface area contributed by atoms with Crippen LogP contribution < -0.4 is 4.90 Å². The van der Waals surface area contributed by atoms with Gasteiger partial charge in [-0.05, 0) is 61.1 Å². The zero-order chi connectivity index (χ0) is 23.1. The number of aliphatic hydroxyl groups is 1. The summed E-state index contributed by atoms with van der Waals surface area (Å²) < 4.78 is 7.31. The van der Waals surface area contributed by atoms with Gasteiger partial charge in [0.15, 0.2) is 0 Å². The molecule has 4 nitrogen and oxygen atoms in total. The molecular weight excluding hydrogens is 464 g/mol. The van der Waals surface area contributed by atoms with Crippen LogP contribution in [0.25, 0.3) is 21.3 Å². The fourth-order valence-corrected chi connectivity index (χ4v) is 6.54. The highest BCUT2D eigenvalue weighted by Crippen LogP contribution is 2.46. The number of hydrogen-bond acceptors (Lipinski definition) is 5. The van der Waals surface area contributed by atoms with Crippen molar-refractivity contribution in [1.29, 1.82) is 0 Å². The Bertz CT molecular complexity index is 1320. The number of anilines is 1. The van der Waals surface area contributed by atoms with Crippen molar-refractivity contribution in [2.75, 3.05) is 11.4 Å². The van der Waals surface area contributed by atoms with E-state index in [1.165, 1.54) is 22.4 Å². The number of fused-ring (bicyclic) bond motifs is 2. The number of halogens is 1. The SMILES string of the molecule is OCc1cc2nccc(-c3cc(Cl)cc4c3N([C@H]3C[C@@H](OCc5ccccc5)C3)CCC4)c2s1. The fraction of sp³-hybridized carbons (Fsp3) is 0.321. The van der Waals surface area contributed by atoms with Crippen LogP contribution in [0.1, 0.15) is 35.3 Å². The molecule has 1 fully saturated rings. The smallest absolute Gasteiger partial charge is 0.0819 e. The van der Waals surface area contributed by atoms with Crippen molar-refractivity contribution >= 4 is 38.8 Å². The van der Waals surface area contributed by atoms with Gasteiger partial charge in [-0.25, -0.2) is 0 Å². The van der Waals surface area contributed by atoms with Crippen LogP contribution >= 0.6 is 22.9 Å². The van der Waals surface area contributed by atoms with Gasteiger partial charge < -0.3 is 14.7 Å². The van der Waals surface area contributed by atoms with Crippen LogP contribution in [0.4, 0.5) is 5.69 Å². The minimum Gasteiger partial charge on any atom is -0.391 e. The number of benzene rings is 2. The van der Waals surface area contributed by atoms with Crippen LogP contribution in [0.15, 0.2) is 60.8 Å². The molecule has 2 aromatic carbocycles. The van der Waals surface area contributed by atoms with Gasteiger partial charge in [0.05, 0.1) is 29.5 Å². The molecule has 2 aromatic heterocycles. The minimum absolute atomic E-state index is 0.0344. The zero-order valence-corrected chi connectivity index (χ0v) is 20.5. The van der Waals surface area contributed by atoms with Crippen LogP contribution in [-0.4, -0.2) is 28.8 Å². The molecule has 0 atom stereocenters. The van der Waals surface area contributed by atoms with E-state index < -0.39 is 0 Å². The van der Waals surface area contributed by atoms with Crippen molar-refractivity contribution in [2.24, 2.45) is 0 Å². The van der Waals surface area contributed by atoms with Crippen molar-refractivity contribution in [1.82, 2.24) is 4.98 Å². The molecule has 174 valence electrons. The topological polar surface area (TPSA) is 45.6 Å². The first-order valence-electron chi connectivity index (χ1n) is 11.9. The van der Waals surface area contributed by atoms with E-state index in [1.807, 2.05) is 18.3 Å². The average Bonchev–Trinajstić information content (AvgIpc) is 3.27. The van der Waals surface area contributed by atoms with Crippen LogP contribution in [0.2, 0.25) is 5.02 Å². The summed E-state index contributed by atoms with van der Waals surface area (Å²) in [5.74, 6) is 0. The van der Waals surface area contributed by atoms with Crippen LogP contribution in [0, 0.1) is 0 Å². The number of ether oxygens (including phenoxy) is 1. The molecule has 0 radical (unpaired) electrons. The largest absolute Gasteiger partial charge is 0.391 e. The molecule has 2 aliphatic rings. The molecule has 0 bridgehead atoms. The second kappa shape index (κ2) is 9.31. The highest BCUT2D eigenvalue weighted by molar-refractivity contribution is 7.19. The molecule has 0 spiro atoms. The molecule has 4 aromatic rings. The fourth-order valence-electron chi connectivity index (χ4n) is 5.30. The summed E-state index contributed by atoms with van der Waals surface area (Å²) in [6, 6.07) is 19.2. The van der Waals surface area contributed by atoms with Crippen LogP contribution in [-0.2, 0) is 24.4 Å². The molecule has 1 aliphatic carbocycles. The van der Waals surface area contributed by atoms with Gasteiger partial charge in [-0.15, -0.1) is 11.3 Å². The van der Waals surface area contributed by atoms with Crippen LogP contribution in [0.3, 0.4) is 0 Å². The normalized spacial score (nSPS) is 19.8. The third-order valence-corrected chi connectivity index (χ3v) is 8.39. The molecule has 1 saturated carbocycles. The molecule has 1 N–H and O–H groups in total. The van der Waals surface area contributed by atoms with Gasteiger partial charge >= 0.3 is 0 Å². The molecule has 0 amide bonds. The molecule has 6 rings (SSSR count). The van der Waals surface area contributed by atoms with E-state index >= 15 is 0 Å². The number of thiophene rings is 1. The number of aromatic nitrogens is 1. The first kappa shape index (κ1) is 22.1. The Kier molecular flexibility index (Phi) is 6.04. The second-order valence-corrected chi connectivity index (χ2v) is 10.8. The van der Waals surface area contributed by atoms with Crippen LogP contribution in [0.5, 0.6) is 0 Å². The standard InChI is InChI=1S/C28H27ClN2O2S/c29-20-11-19-7-4-10-31(21-13-22(14-21)33-17-18-5-2-1-3-6-18)27(19)25(12-20)24-8-9-30-26-15-23(16-32)34-28(24)26/h1-3,5-6,8-9,11-12,15,21-22,32H,4,7,10,13-14,16-17H2/t21-,22+. The van der Waals surface area contributed by atoms with Gasteiger partial charge in [0.1, 0.15) is 0 Å². The number of rotatable bonds is 6. The van der Waals surface area contributed by atoms with Gasteiger partial charge in [0, 0.05) is 45.5 Å².